The summed E-state index contributed by atoms with van der Waals surface area (Å²) in [4.78, 5) is 24.5. The minimum atomic E-state index is -1.20. The van der Waals surface area contributed by atoms with E-state index in [1.165, 1.54) is 25.3 Å². The number of rotatable bonds is 4. The maximum Gasteiger partial charge on any atom is 0.337 e. The lowest BCUT2D eigenvalue weighted by molar-refractivity contribution is -0.385. The van der Waals surface area contributed by atoms with Crippen molar-refractivity contribution >= 4 is 11.7 Å². The first-order valence-corrected chi connectivity index (χ1v) is 5.69. The molecule has 8 heteroatoms. The van der Waals surface area contributed by atoms with E-state index in [-0.39, 0.29) is 28.3 Å². The molecular formula is C13H9FN2O5. The quantitative estimate of drug-likeness (QED) is 0.686. The van der Waals surface area contributed by atoms with Gasteiger partial charge in [-0.25, -0.2) is 9.18 Å². The van der Waals surface area contributed by atoms with E-state index >= 15 is 0 Å². The topological polar surface area (TPSA) is 103 Å². The summed E-state index contributed by atoms with van der Waals surface area (Å²) in [6.45, 7) is 1.44. The number of aromatic carboxylic acids is 1. The molecule has 7 nitrogen and oxygen atoms in total. The fourth-order valence-electron chi connectivity index (χ4n) is 1.64. The fraction of sp³-hybridized carbons (Fsp3) is 0.0769. The number of ether oxygens (including phenoxy) is 1. The number of pyridine rings is 1. The van der Waals surface area contributed by atoms with Gasteiger partial charge in [0, 0.05) is 11.8 Å². The molecule has 0 atom stereocenters. The van der Waals surface area contributed by atoms with E-state index in [1.54, 1.807) is 0 Å². The zero-order chi connectivity index (χ0) is 15.6. The molecule has 0 unspecified atom stereocenters. The van der Waals surface area contributed by atoms with Crippen molar-refractivity contribution in [1.82, 2.24) is 4.98 Å². The highest BCUT2D eigenvalue weighted by Crippen LogP contribution is 2.30. The Morgan fingerprint density at radius 2 is 2.10 bits per heavy atom. The second kappa shape index (κ2) is 5.53. The molecule has 21 heavy (non-hydrogen) atoms. The first-order valence-electron chi connectivity index (χ1n) is 5.69. The fourth-order valence-corrected chi connectivity index (χ4v) is 1.64. The van der Waals surface area contributed by atoms with Crippen molar-refractivity contribution in [3.8, 4) is 11.5 Å². The number of nitro groups is 1. The number of aryl methyl sites for hydroxylation is 1. The number of carboxylic acid groups (broad SMARTS) is 1. The molecule has 0 radical (unpaired) electrons. The molecule has 2 aromatic rings. The highest BCUT2D eigenvalue weighted by atomic mass is 19.1. The molecule has 0 aliphatic rings. The van der Waals surface area contributed by atoms with Crippen LogP contribution in [0.25, 0.3) is 0 Å². The van der Waals surface area contributed by atoms with Crippen molar-refractivity contribution in [2.24, 2.45) is 0 Å². The van der Waals surface area contributed by atoms with Crippen LogP contribution in [-0.4, -0.2) is 21.0 Å². The molecule has 0 aliphatic carbocycles. The van der Waals surface area contributed by atoms with Gasteiger partial charge in [0.25, 0.3) is 5.69 Å². The van der Waals surface area contributed by atoms with Gasteiger partial charge in [-0.3, -0.25) is 15.1 Å². The molecule has 0 saturated heterocycles. The average molecular weight is 292 g/mol. The smallest absolute Gasteiger partial charge is 0.337 e. The van der Waals surface area contributed by atoms with E-state index in [2.05, 4.69) is 4.98 Å². The Kier molecular flexibility index (Phi) is 3.79. The number of hydrogen-bond donors (Lipinski definition) is 1. The van der Waals surface area contributed by atoms with Gasteiger partial charge in [-0.15, -0.1) is 0 Å². The summed E-state index contributed by atoms with van der Waals surface area (Å²) in [6, 6.07) is 3.09. The van der Waals surface area contributed by atoms with Crippen molar-refractivity contribution < 1.29 is 24.0 Å². The van der Waals surface area contributed by atoms with E-state index in [4.69, 9.17) is 9.84 Å². The summed E-state index contributed by atoms with van der Waals surface area (Å²) in [5.74, 6) is -2.36. The number of carboxylic acids is 1. The minimum Gasteiger partial charge on any atom is -0.478 e. The number of hydrogen-bond acceptors (Lipinski definition) is 5. The SMILES string of the molecule is Cc1cc(Oc2cncc(C(=O)O)c2)c(F)cc1[N+](=O)[O-]. The second-order valence-corrected chi connectivity index (χ2v) is 4.14. The van der Waals surface area contributed by atoms with Crippen molar-refractivity contribution in [1.29, 1.82) is 0 Å². The number of halogens is 1. The monoisotopic (exact) mass is 292 g/mol. The Morgan fingerprint density at radius 1 is 1.38 bits per heavy atom. The summed E-state index contributed by atoms with van der Waals surface area (Å²) in [5, 5.41) is 19.5. The van der Waals surface area contributed by atoms with Crippen LogP contribution in [0, 0.1) is 22.9 Å². The Morgan fingerprint density at radius 3 is 2.71 bits per heavy atom. The zero-order valence-corrected chi connectivity index (χ0v) is 10.7. The van der Waals surface area contributed by atoms with Gasteiger partial charge in [-0.05, 0) is 19.1 Å². The van der Waals surface area contributed by atoms with Crippen LogP contribution in [0.15, 0.2) is 30.6 Å². The Bertz CT molecular complexity index is 732. The molecule has 1 N–H and O–H groups in total. The molecule has 0 saturated carbocycles. The normalized spacial score (nSPS) is 10.2. The zero-order valence-electron chi connectivity index (χ0n) is 10.7. The molecule has 108 valence electrons. The number of aromatic nitrogens is 1. The van der Waals surface area contributed by atoms with E-state index < -0.39 is 16.7 Å². The van der Waals surface area contributed by atoms with Crippen molar-refractivity contribution in [3.05, 3.63) is 57.7 Å². The van der Waals surface area contributed by atoms with Gasteiger partial charge >= 0.3 is 5.97 Å². The molecule has 2 rings (SSSR count). The predicted octanol–water partition coefficient (Wildman–Crippen LogP) is 2.93. The van der Waals surface area contributed by atoms with Crippen LogP contribution in [0.2, 0.25) is 0 Å². The molecule has 1 heterocycles. The Hall–Kier alpha value is -3.03. The lowest BCUT2D eigenvalue weighted by atomic mass is 10.2. The van der Waals surface area contributed by atoms with Gasteiger partial charge in [-0.1, -0.05) is 0 Å². The predicted molar refractivity (Wildman–Crippen MR) is 69.1 cm³/mol. The standard InChI is InChI=1S/C13H9FN2O5/c1-7-2-12(10(14)4-11(7)16(19)20)21-9-3-8(13(17)18)5-15-6-9/h2-6H,1H3,(H,17,18). The third kappa shape index (κ3) is 3.11. The highest BCUT2D eigenvalue weighted by Gasteiger charge is 2.17. The van der Waals surface area contributed by atoms with Crippen molar-refractivity contribution in [2.75, 3.05) is 0 Å². The van der Waals surface area contributed by atoms with Crippen LogP contribution in [0.1, 0.15) is 15.9 Å². The first-order chi connectivity index (χ1) is 9.88. The van der Waals surface area contributed by atoms with Gasteiger partial charge in [-0.2, -0.15) is 0 Å². The third-order valence-electron chi connectivity index (χ3n) is 2.64. The molecule has 0 spiro atoms. The van der Waals surface area contributed by atoms with Gasteiger partial charge in [0.15, 0.2) is 11.6 Å². The number of nitrogens with zero attached hydrogens (tertiary/aromatic N) is 2. The molecule has 0 bridgehead atoms. The van der Waals surface area contributed by atoms with Crippen molar-refractivity contribution in [2.45, 2.75) is 6.92 Å². The van der Waals surface area contributed by atoms with Crippen LogP contribution in [-0.2, 0) is 0 Å². The first kappa shape index (κ1) is 14.4. The summed E-state index contributed by atoms with van der Waals surface area (Å²) < 4.78 is 19.0. The maximum atomic E-state index is 13.8. The largest absolute Gasteiger partial charge is 0.478 e. The number of carbonyl (C=O) groups is 1. The average Bonchev–Trinajstić information content (AvgIpc) is 2.42. The van der Waals surface area contributed by atoms with Crippen molar-refractivity contribution in [3.63, 3.8) is 0 Å². The molecular weight excluding hydrogens is 283 g/mol. The Labute approximate surface area is 117 Å². The minimum absolute atomic E-state index is 0.0158. The number of nitro benzene ring substituents is 1. The summed E-state index contributed by atoms with van der Waals surface area (Å²) >= 11 is 0. The van der Waals surface area contributed by atoms with E-state index in [0.717, 1.165) is 12.3 Å². The molecule has 1 aromatic heterocycles. The van der Waals surface area contributed by atoms with Crippen LogP contribution < -0.4 is 4.74 Å². The second-order valence-electron chi connectivity index (χ2n) is 4.14. The Balaban J connectivity index is 2.36. The maximum absolute atomic E-state index is 13.8. The molecule has 0 fully saturated rings. The lowest BCUT2D eigenvalue weighted by Crippen LogP contribution is -1.99. The van der Waals surface area contributed by atoms with Crippen LogP contribution in [0.4, 0.5) is 10.1 Å². The van der Waals surface area contributed by atoms with E-state index in [0.29, 0.717) is 0 Å². The highest BCUT2D eigenvalue weighted by molar-refractivity contribution is 5.87. The van der Waals surface area contributed by atoms with E-state index in [9.17, 15) is 19.3 Å². The number of benzene rings is 1. The van der Waals surface area contributed by atoms with Crippen LogP contribution >= 0.6 is 0 Å². The van der Waals surface area contributed by atoms with Gasteiger partial charge in [0.05, 0.1) is 22.7 Å². The van der Waals surface area contributed by atoms with Gasteiger partial charge in [0.2, 0.25) is 0 Å². The van der Waals surface area contributed by atoms with Crippen LogP contribution in [0.3, 0.4) is 0 Å². The third-order valence-corrected chi connectivity index (χ3v) is 2.64. The molecule has 1 aromatic carbocycles. The lowest BCUT2D eigenvalue weighted by Gasteiger charge is -2.08. The summed E-state index contributed by atoms with van der Waals surface area (Å²) in [7, 11) is 0. The van der Waals surface area contributed by atoms with E-state index in [1.807, 2.05) is 0 Å². The van der Waals surface area contributed by atoms with Gasteiger partial charge in [0.1, 0.15) is 5.75 Å². The van der Waals surface area contributed by atoms with Crippen LogP contribution in [0.5, 0.6) is 11.5 Å². The molecule has 0 aliphatic heterocycles. The summed E-state index contributed by atoms with van der Waals surface area (Å²) in [5.41, 5.74) is -0.262. The molecule has 0 amide bonds. The summed E-state index contributed by atoms with van der Waals surface area (Å²) in [6.07, 6.45) is 2.33. The van der Waals surface area contributed by atoms with Gasteiger partial charge < -0.3 is 9.84 Å².